The lowest BCUT2D eigenvalue weighted by atomic mass is 9.81. The molecular weight excluding hydrogens is 605 g/mol. The Morgan fingerprint density at radius 1 is 1.00 bits per heavy atom. The van der Waals surface area contributed by atoms with Crippen molar-refractivity contribution in [3.8, 4) is 0 Å². The number of Topliss-reactive ketones (excluding diaryl/α,β-unsaturated/α-hetero) is 1. The smallest absolute Gasteiger partial charge is 0.282 e. The summed E-state index contributed by atoms with van der Waals surface area (Å²) in [5.41, 5.74) is -0.842. The fraction of sp³-hybridized carbons (Fsp3) is 0.333. The molecule has 186 valence electrons. The fourth-order valence-electron chi connectivity index (χ4n) is 5.62. The van der Waals surface area contributed by atoms with Crippen molar-refractivity contribution < 1.29 is 28.5 Å². The van der Waals surface area contributed by atoms with Gasteiger partial charge in [-0.2, -0.15) is 5.01 Å². The number of nitrogens with zero attached hydrogens (tertiary/aromatic N) is 3. The maximum Gasteiger partial charge on any atom is 0.282 e. The van der Waals surface area contributed by atoms with E-state index in [4.69, 9.17) is 0 Å². The maximum absolute atomic E-state index is 13.6. The molecule has 0 spiro atoms. The van der Waals surface area contributed by atoms with Crippen LogP contribution in [0, 0.1) is 39.6 Å². The quantitative estimate of drug-likeness (QED) is 0.159. The van der Waals surface area contributed by atoms with Gasteiger partial charge in [-0.3, -0.25) is 29.3 Å². The Bertz CT molecular complexity index is 1270. The van der Waals surface area contributed by atoms with Gasteiger partial charge in [0.25, 0.3) is 23.4 Å². The predicted molar refractivity (Wildman–Crippen MR) is 131 cm³/mol. The van der Waals surface area contributed by atoms with Crippen LogP contribution in [0.15, 0.2) is 48.5 Å². The van der Waals surface area contributed by atoms with Crippen LogP contribution in [0.3, 0.4) is 0 Å². The van der Waals surface area contributed by atoms with Gasteiger partial charge >= 0.3 is 0 Å². The van der Waals surface area contributed by atoms with Gasteiger partial charge < -0.3 is 0 Å². The molecule has 3 aliphatic rings. The Hall–Kier alpha value is -2.99. The number of para-hydroxylation sites is 1. The highest BCUT2D eigenvalue weighted by Crippen LogP contribution is 2.60. The lowest BCUT2D eigenvalue weighted by molar-refractivity contribution is -0.385. The molecule has 1 heterocycles. The van der Waals surface area contributed by atoms with Crippen molar-refractivity contribution in [3.63, 3.8) is 0 Å². The molecule has 2 bridgehead atoms. The summed E-state index contributed by atoms with van der Waals surface area (Å²) in [6.07, 6.45) is 0.666. The third-order valence-corrected chi connectivity index (χ3v) is 10.4. The molecule has 2 aromatic carbocycles. The number of hydrogen-bond donors (Lipinski definition) is 0. The predicted octanol–water partition coefficient (Wildman–Crippen LogP) is 3.75. The Labute approximate surface area is 221 Å². The third-order valence-electron chi connectivity index (χ3n) is 7.23. The molecule has 9 nitrogen and oxygen atoms in total. The van der Waals surface area contributed by atoms with E-state index in [2.05, 4.69) is 31.9 Å². The van der Waals surface area contributed by atoms with Gasteiger partial charge in [-0.1, -0.05) is 44.0 Å². The molecule has 0 aromatic heterocycles. The van der Waals surface area contributed by atoms with Crippen molar-refractivity contribution in [2.75, 3.05) is 6.54 Å². The molecule has 3 amide bonds. The van der Waals surface area contributed by atoms with E-state index >= 15 is 0 Å². The van der Waals surface area contributed by atoms with Crippen LogP contribution in [0.1, 0.15) is 27.1 Å². The number of nitro groups is 1. The summed E-state index contributed by atoms with van der Waals surface area (Å²) in [6.45, 7) is -0.738. The van der Waals surface area contributed by atoms with Crippen LogP contribution in [0.5, 0.6) is 0 Å². The number of rotatable bonds is 6. The molecule has 1 aliphatic heterocycles. The lowest BCUT2D eigenvalue weighted by Gasteiger charge is -2.30. The zero-order valence-corrected chi connectivity index (χ0v) is 21.6. The number of carbonyl (C=O) groups is 4. The van der Waals surface area contributed by atoms with E-state index in [-0.39, 0.29) is 32.6 Å². The zero-order valence-electron chi connectivity index (χ0n) is 18.4. The van der Waals surface area contributed by atoms with Gasteiger partial charge in [0.1, 0.15) is 17.9 Å². The molecule has 0 N–H and O–H groups in total. The van der Waals surface area contributed by atoms with Crippen molar-refractivity contribution in [1.82, 2.24) is 10.0 Å². The molecule has 1 saturated heterocycles. The van der Waals surface area contributed by atoms with Gasteiger partial charge in [-0.25, -0.2) is 9.40 Å². The van der Waals surface area contributed by atoms with Gasteiger partial charge in [0.15, 0.2) is 5.78 Å². The number of nitro benzene ring substituents is 1. The second-order valence-corrected chi connectivity index (χ2v) is 11.2. The first-order valence-corrected chi connectivity index (χ1v) is 12.9. The van der Waals surface area contributed by atoms with Crippen molar-refractivity contribution in [2.24, 2.45) is 23.7 Å². The number of carbonyl (C=O) groups excluding carboxylic acids is 4. The van der Waals surface area contributed by atoms with Crippen LogP contribution in [-0.2, 0) is 9.59 Å². The van der Waals surface area contributed by atoms with E-state index in [1.54, 1.807) is 0 Å². The number of ketones is 1. The van der Waals surface area contributed by atoms with Gasteiger partial charge in [0.05, 0.1) is 16.8 Å². The molecule has 0 radical (unpaired) electrons. The number of imide groups is 1. The summed E-state index contributed by atoms with van der Waals surface area (Å²) in [5, 5.41) is 13.0. The van der Waals surface area contributed by atoms with Crippen LogP contribution in [-0.4, -0.2) is 54.6 Å². The lowest BCUT2D eigenvalue weighted by Crippen LogP contribution is -2.52. The first-order valence-electron chi connectivity index (χ1n) is 11.1. The minimum Gasteiger partial charge on any atom is -0.292 e. The van der Waals surface area contributed by atoms with Gasteiger partial charge in [0, 0.05) is 21.3 Å². The summed E-state index contributed by atoms with van der Waals surface area (Å²) in [5.74, 6) is -5.09. The van der Waals surface area contributed by atoms with Crippen LogP contribution in [0.4, 0.5) is 10.1 Å². The second kappa shape index (κ2) is 9.15. The summed E-state index contributed by atoms with van der Waals surface area (Å²) in [7, 11) is 0. The van der Waals surface area contributed by atoms with Crippen molar-refractivity contribution >= 4 is 61.1 Å². The highest BCUT2D eigenvalue weighted by atomic mass is 79.9. The van der Waals surface area contributed by atoms with Crippen LogP contribution < -0.4 is 0 Å². The summed E-state index contributed by atoms with van der Waals surface area (Å²) >= 11 is 7.20. The van der Waals surface area contributed by atoms with Crippen LogP contribution >= 0.6 is 31.9 Å². The Morgan fingerprint density at radius 3 is 2.11 bits per heavy atom. The van der Waals surface area contributed by atoms with E-state index in [0.29, 0.717) is 16.4 Å². The normalized spacial score (nSPS) is 28.4. The SMILES string of the molecule is O=C(CN(C(=O)c1ccccc1[N+](=O)[O-])N1C(=O)[C@@H]2[C@H]3C[C@@H]([C@H](Br)[C@H]3Br)[C@@H]2C1=O)c1ccc(F)cc1. The van der Waals surface area contributed by atoms with Crippen LogP contribution in [0.2, 0.25) is 0 Å². The van der Waals surface area contributed by atoms with E-state index in [0.717, 1.165) is 18.2 Å². The maximum atomic E-state index is 13.6. The highest BCUT2D eigenvalue weighted by Gasteiger charge is 2.67. The largest absolute Gasteiger partial charge is 0.292 e. The Balaban J connectivity index is 1.55. The molecular formula is C24H18Br2FN3O6. The molecule has 2 aromatic rings. The van der Waals surface area contributed by atoms with Crippen molar-refractivity contribution in [1.29, 1.82) is 0 Å². The Morgan fingerprint density at radius 2 is 1.56 bits per heavy atom. The molecule has 6 atom stereocenters. The fourth-order valence-corrected chi connectivity index (χ4v) is 7.49. The molecule has 12 heteroatoms. The summed E-state index contributed by atoms with van der Waals surface area (Å²) in [6, 6.07) is 9.70. The monoisotopic (exact) mass is 621 g/mol. The van der Waals surface area contributed by atoms with E-state index in [1.807, 2.05) is 0 Å². The second-order valence-electron chi connectivity index (χ2n) is 9.06. The first kappa shape index (κ1) is 24.7. The number of amides is 3. The molecule has 2 aliphatic carbocycles. The minimum absolute atomic E-state index is 0.0411. The van der Waals surface area contributed by atoms with Crippen LogP contribution in [0.25, 0.3) is 0 Å². The highest BCUT2D eigenvalue weighted by molar-refractivity contribution is 9.12. The third kappa shape index (κ3) is 3.78. The first-order chi connectivity index (χ1) is 17.1. The standard InChI is InChI=1S/C24H18Br2FN3O6/c25-20-14-9-15(21(20)26)19-18(14)23(33)29(24(19)34)28(10-17(31)11-5-7-12(27)8-6-11)22(32)13-3-1-2-4-16(13)30(35)36/h1-8,14-15,18-21H,9-10H2/t14-,15-,18-,19+,20+,21+/m1/s1. The number of hydrazine groups is 1. The van der Waals surface area contributed by atoms with Crippen molar-refractivity contribution in [3.05, 3.63) is 75.6 Å². The Kier molecular flexibility index (Phi) is 6.27. The number of fused-ring (bicyclic) bond motifs is 5. The van der Waals surface area contributed by atoms with E-state index in [1.165, 1.54) is 30.3 Å². The molecule has 36 heavy (non-hydrogen) atoms. The molecule has 3 fully saturated rings. The summed E-state index contributed by atoms with van der Waals surface area (Å²) < 4.78 is 13.4. The van der Waals surface area contributed by atoms with Gasteiger partial charge in [-0.15, -0.1) is 0 Å². The number of benzene rings is 2. The van der Waals surface area contributed by atoms with Gasteiger partial charge in [0.2, 0.25) is 0 Å². The molecule has 5 rings (SSSR count). The topological polar surface area (TPSA) is 118 Å². The zero-order chi connectivity index (χ0) is 25.9. The number of alkyl halides is 2. The van der Waals surface area contributed by atoms with Crippen molar-refractivity contribution in [2.45, 2.75) is 16.1 Å². The summed E-state index contributed by atoms with van der Waals surface area (Å²) in [4.78, 5) is 64.6. The number of halogens is 3. The number of hydrogen-bond acceptors (Lipinski definition) is 6. The van der Waals surface area contributed by atoms with Gasteiger partial charge in [-0.05, 0) is 48.6 Å². The molecule has 0 unspecified atom stereocenters. The minimum atomic E-state index is -1.03. The average molecular weight is 623 g/mol. The average Bonchev–Trinajstić information content (AvgIpc) is 3.47. The van der Waals surface area contributed by atoms with E-state index in [9.17, 15) is 33.7 Å². The van der Waals surface area contributed by atoms with E-state index < -0.39 is 58.3 Å². The molecule has 2 saturated carbocycles.